The molecule has 0 radical (unpaired) electrons. The molecule has 102 valence electrons. The molecule has 0 aliphatic heterocycles. The first-order valence-electron chi connectivity index (χ1n) is 6.83. The molecule has 19 heavy (non-hydrogen) atoms. The van der Waals surface area contributed by atoms with E-state index in [0.29, 0.717) is 5.11 Å². The highest BCUT2D eigenvalue weighted by Gasteiger charge is 2.21. The molecule has 1 fully saturated rings. The Kier molecular flexibility index (Phi) is 4.91. The van der Waals surface area contributed by atoms with Crippen LogP contribution in [0.1, 0.15) is 37.7 Å². The summed E-state index contributed by atoms with van der Waals surface area (Å²) in [6.07, 6.45) is 5.51. The largest absolute Gasteiger partial charge is 0.332 e. The van der Waals surface area contributed by atoms with Crippen LogP contribution in [-0.2, 0) is 4.79 Å². The van der Waals surface area contributed by atoms with Crippen LogP contribution in [0.15, 0.2) is 24.3 Å². The molecule has 0 bridgehead atoms. The Bertz CT molecular complexity index is 450. The van der Waals surface area contributed by atoms with E-state index in [-0.39, 0.29) is 11.8 Å². The van der Waals surface area contributed by atoms with E-state index in [4.69, 9.17) is 12.2 Å². The number of thiocarbonyl (C=S) groups is 1. The fourth-order valence-corrected chi connectivity index (χ4v) is 2.60. The van der Waals surface area contributed by atoms with Crippen molar-refractivity contribution in [3.63, 3.8) is 0 Å². The lowest BCUT2D eigenvalue weighted by Gasteiger charge is -2.21. The quantitative estimate of drug-likeness (QED) is 0.814. The Labute approximate surface area is 119 Å². The third-order valence-electron chi connectivity index (χ3n) is 3.52. The van der Waals surface area contributed by atoms with Crippen molar-refractivity contribution in [3.8, 4) is 0 Å². The molecule has 1 aliphatic rings. The SMILES string of the molecule is Cc1ccc(NC(=S)NC(=O)C2CCCCC2)cc1. The van der Waals surface area contributed by atoms with Crippen LogP contribution in [-0.4, -0.2) is 11.0 Å². The van der Waals surface area contributed by atoms with Crippen molar-refractivity contribution in [2.75, 3.05) is 5.32 Å². The molecular formula is C15H20N2OS. The monoisotopic (exact) mass is 276 g/mol. The second-order valence-corrected chi connectivity index (χ2v) is 5.55. The lowest BCUT2D eigenvalue weighted by molar-refractivity contribution is -0.124. The molecule has 1 aromatic carbocycles. The molecular weight excluding hydrogens is 256 g/mol. The molecule has 0 heterocycles. The van der Waals surface area contributed by atoms with Crippen LogP contribution in [0.3, 0.4) is 0 Å². The number of nitrogens with one attached hydrogen (secondary N) is 2. The van der Waals surface area contributed by atoms with Gasteiger partial charge in [0.1, 0.15) is 0 Å². The summed E-state index contributed by atoms with van der Waals surface area (Å²) in [6.45, 7) is 2.03. The molecule has 3 nitrogen and oxygen atoms in total. The predicted molar refractivity (Wildman–Crippen MR) is 82.1 cm³/mol. The van der Waals surface area contributed by atoms with Gasteiger partial charge in [-0.1, -0.05) is 37.0 Å². The normalized spacial score (nSPS) is 15.8. The fraction of sp³-hybridized carbons (Fsp3) is 0.467. The number of anilines is 1. The number of benzene rings is 1. The smallest absolute Gasteiger partial charge is 0.229 e. The van der Waals surface area contributed by atoms with Crippen molar-refractivity contribution in [1.82, 2.24) is 5.32 Å². The molecule has 1 amide bonds. The van der Waals surface area contributed by atoms with Crippen LogP contribution < -0.4 is 10.6 Å². The Balaban J connectivity index is 1.83. The van der Waals surface area contributed by atoms with Crippen molar-refractivity contribution in [2.45, 2.75) is 39.0 Å². The van der Waals surface area contributed by atoms with Gasteiger partial charge in [0.05, 0.1) is 0 Å². The van der Waals surface area contributed by atoms with E-state index in [2.05, 4.69) is 10.6 Å². The van der Waals surface area contributed by atoms with Crippen LogP contribution in [0.4, 0.5) is 5.69 Å². The van der Waals surface area contributed by atoms with Gasteiger partial charge in [-0.15, -0.1) is 0 Å². The molecule has 2 N–H and O–H groups in total. The molecule has 0 atom stereocenters. The van der Waals surface area contributed by atoms with Crippen molar-refractivity contribution < 1.29 is 4.79 Å². The zero-order valence-electron chi connectivity index (χ0n) is 11.2. The Hall–Kier alpha value is -1.42. The minimum absolute atomic E-state index is 0.0595. The van der Waals surface area contributed by atoms with Gasteiger partial charge in [-0.05, 0) is 44.1 Å². The number of hydrogen-bond donors (Lipinski definition) is 2. The van der Waals surface area contributed by atoms with Gasteiger partial charge in [0.15, 0.2) is 5.11 Å². The van der Waals surface area contributed by atoms with E-state index in [1.807, 2.05) is 31.2 Å². The summed E-state index contributed by atoms with van der Waals surface area (Å²) >= 11 is 5.17. The van der Waals surface area contributed by atoms with Gasteiger partial charge in [-0.2, -0.15) is 0 Å². The minimum Gasteiger partial charge on any atom is -0.332 e. The van der Waals surface area contributed by atoms with Gasteiger partial charge < -0.3 is 10.6 Å². The van der Waals surface area contributed by atoms with Crippen LogP contribution in [0.2, 0.25) is 0 Å². The first-order chi connectivity index (χ1) is 9.15. The molecule has 2 rings (SSSR count). The van der Waals surface area contributed by atoms with Crippen LogP contribution >= 0.6 is 12.2 Å². The van der Waals surface area contributed by atoms with Gasteiger partial charge in [-0.25, -0.2) is 0 Å². The van der Waals surface area contributed by atoms with Gasteiger partial charge in [-0.3, -0.25) is 4.79 Å². The van der Waals surface area contributed by atoms with E-state index < -0.39 is 0 Å². The number of rotatable bonds is 2. The van der Waals surface area contributed by atoms with Gasteiger partial charge >= 0.3 is 0 Å². The van der Waals surface area contributed by atoms with E-state index in [9.17, 15) is 4.79 Å². The number of amides is 1. The average Bonchev–Trinajstić information content (AvgIpc) is 2.42. The Morgan fingerprint density at radius 2 is 1.79 bits per heavy atom. The van der Waals surface area contributed by atoms with Crippen molar-refractivity contribution in [2.24, 2.45) is 5.92 Å². The predicted octanol–water partition coefficient (Wildman–Crippen LogP) is 3.39. The standard InChI is InChI=1S/C15H20N2OS/c1-11-7-9-13(10-8-11)16-15(19)17-14(18)12-5-3-2-4-6-12/h7-10,12H,2-6H2,1H3,(H2,16,17,18,19). The lowest BCUT2D eigenvalue weighted by Crippen LogP contribution is -2.38. The van der Waals surface area contributed by atoms with Gasteiger partial charge in [0.25, 0.3) is 0 Å². The van der Waals surface area contributed by atoms with Crippen molar-refractivity contribution >= 4 is 28.9 Å². The third-order valence-corrected chi connectivity index (χ3v) is 3.73. The number of aryl methyl sites for hydroxylation is 1. The summed E-state index contributed by atoms with van der Waals surface area (Å²) in [6, 6.07) is 7.92. The maximum absolute atomic E-state index is 12.0. The molecule has 0 aromatic heterocycles. The average molecular weight is 276 g/mol. The Morgan fingerprint density at radius 3 is 2.42 bits per heavy atom. The van der Waals surface area contributed by atoms with Gasteiger partial charge in [0.2, 0.25) is 5.91 Å². The summed E-state index contributed by atoms with van der Waals surface area (Å²) in [5.41, 5.74) is 2.10. The first-order valence-corrected chi connectivity index (χ1v) is 7.24. The highest BCUT2D eigenvalue weighted by molar-refractivity contribution is 7.80. The van der Waals surface area contributed by atoms with E-state index in [1.165, 1.54) is 12.0 Å². The molecule has 4 heteroatoms. The van der Waals surface area contributed by atoms with E-state index >= 15 is 0 Å². The topological polar surface area (TPSA) is 41.1 Å². The second-order valence-electron chi connectivity index (χ2n) is 5.14. The summed E-state index contributed by atoms with van der Waals surface area (Å²) in [7, 11) is 0. The van der Waals surface area contributed by atoms with Crippen LogP contribution in [0.25, 0.3) is 0 Å². The summed E-state index contributed by atoms with van der Waals surface area (Å²) in [4.78, 5) is 12.0. The molecule has 1 aromatic rings. The van der Waals surface area contributed by atoms with Crippen molar-refractivity contribution in [1.29, 1.82) is 0 Å². The Morgan fingerprint density at radius 1 is 1.16 bits per heavy atom. The maximum Gasteiger partial charge on any atom is 0.229 e. The zero-order chi connectivity index (χ0) is 13.7. The second kappa shape index (κ2) is 6.66. The summed E-state index contributed by atoms with van der Waals surface area (Å²) < 4.78 is 0. The molecule has 0 unspecified atom stereocenters. The zero-order valence-corrected chi connectivity index (χ0v) is 12.1. The highest BCUT2D eigenvalue weighted by Crippen LogP contribution is 2.23. The fourth-order valence-electron chi connectivity index (χ4n) is 2.38. The lowest BCUT2D eigenvalue weighted by atomic mass is 9.89. The first kappa shape index (κ1) is 14.0. The molecule has 1 saturated carbocycles. The third kappa shape index (κ3) is 4.31. The number of hydrogen-bond acceptors (Lipinski definition) is 2. The molecule has 1 aliphatic carbocycles. The number of carbonyl (C=O) groups excluding carboxylic acids is 1. The van der Waals surface area contributed by atoms with Crippen LogP contribution in [0, 0.1) is 12.8 Å². The van der Waals surface area contributed by atoms with Crippen molar-refractivity contribution in [3.05, 3.63) is 29.8 Å². The molecule has 0 spiro atoms. The minimum atomic E-state index is 0.0595. The van der Waals surface area contributed by atoms with E-state index in [0.717, 1.165) is 31.4 Å². The maximum atomic E-state index is 12.0. The summed E-state index contributed by atoms with van der Waals surface area (Å²) in [5.74, 6) is 0.191. The number of carbonyl (C=O) groups is 1. The highest BCUT2D eigenvalue weighted by atomic mass is 32.1. The summed E-state index contributed by atoms with van der Waals surface area (Å²) in [5, 5.41) is 6.22. The van der Waals surface area contributed by atoms with Gasteiger partial charge in [0, 0.05) is 11.6 Å². The van der Waals surface area contributed by atoms with E-state index in [1.54, 1.807) is 0 Å². The molecule has 0 saturated heterocycles. The van der Waals surface area contributed by atoms with Crippen LogP contribution in [0.5, 0.6) is 0 Å².